The van der Waals surface area contributed by atoms with Crippen molar-refractivity contribution in [3.8, 4) is 0 Å². The number of rotatable bonds is 8. The highest BCUT2D eigenvalue weighted by Gasteiger charge is 2.39. The highest BCUT2D eigenvalue weighted by atomic mass is 32.2. The SMILES string of the molecule is CCNS(=O)(=O)c1ccc(CC2CC3CCC2C3)c(NCc2ccccc2)c1. The normalized spacial score (nSPS) is 23.8. The van der Waals surface area contributed by atoms with Gasteiger partial charge >= 0.3 is 0 Å². The third-order valence-electron chi connectivity index (χ3n) is 6.42. The topological polar surface area (TPSA) is 58.2 Å². The maximum atomic E-state index is 12.5. The van der Waals surface area contributed by atoms with Crippen LogP contribution in [-0.4, -0.2) is 15.0 Å². The fraction of sp³-hybridized carbons (Fsp3) is 0.478. The van der Waals surface area contributed by atoms with Gasteiger partial charge < -0.3 is 5.32 Å². The number of sulfonamides is 1. The van der Waals surface area contributed by atoms with Crippen molar-refractivity contribution in [1.29, 1.82) is 0 Å². The highest BCUT2D eigenvalue weighted by molar-refractivity contribution is 7.89. The van der Waals surface area contributed by atoms with Gasteiger partial charge in [0.15, 0.2) is 0 Å². The number of benzene rings is 2. The van der Waals surface area contributed by atoms with E-state index in [1.165, 1.54) is 36.8 Å². The average molecular weight is 399 g/mol. The van der Waals surface area contributed by atoms with Gasteiger partial charge in [-0.1, -0.05) is 49.7 Å². The summed E-state index contributed by atoms with van der Waals surface area (Å²) in [5, 5.41) is 3.51. The first-order valence-corrected chi connectivity index (χ1v) is 11.9. The van der Waals surface area contributed by atoms with Crippen molar-refractivity contribution < 1.29 is 8.42 Å². The molecule has 2 aliphatic carbocycles. The minimum atomic E-state index is -3.46. The lowest BCUT2D eigenvalue weighted by atomic mass is 9.84. The van der Waals surface area contributed by atoms with Crippen LogP contribution in [0.5, 0.6) is 0 Å². The van der Waals surface area contributed by atoms with Crippen LogP contribution in [0.25, 0.3) is 0 Å². The smallest absolute Gasteiger partial charge is 0.240 e. The summed E-state index contributed by atoms with van der Waals surface area (Å²) in [6, 6.07) is 15.8. The summed E-state index contributed by atoms with van der Waals surface area (Å²) in [6.45, 7) is 2.88. The third kappa shape index (κ3) is 4.26. The molecule has 0 spiro atoms. The number of fused-ring (bicyclic) bond motifs is 2. The fourth-order valence-corrected chi connectivity index (χ4v) is 6.11. The molecule has 0 saturated heterocycles. The summed E-state index contributed by atoms with van der Waals surface area (Å²) in [6.07, 6.45) is 6.54. The zero-order chi connectivity index (χ0) is 19.6. The van der Waals surface area contributed by atoms with Crippen molar-refractivity contribution in [1.82, 2.24) is 4.72 Å². The molecule has 0 amide bonds. The van der Waals surface area contributed by atoms with Crippen LogP contribution < -0.4 is 10.0 Å². The molecular formula is C23H30N2O2S. The van der Waals surface area contributed by atoms with Crippen molar-refractivity contribution in [3.05, 3.63) is 59.7 Å². The van der Waals surface area contributed by atoms with Gasteiger partial charge in [-0.3, -0.25) is 0 Å². The van der Waals surface area contributed by atoms with Gasteiger partial charge in [0.25, 0.3) is 0 Å². The predicted molar refractivity (Wildman–Crippen MR) is 114 cm³/mol. The molecule has 2 bridgehead atoms. The molecule has 150 valence electrons. The minimum Gasteiger partial charge on any atom is -0.381 e. The molecule has 2 aliphatic rings. The standard InChI is InChI=1S/C23H30N2O2S/c1-2-25-28(26,27)22-11-10-20(14-21-13-18-8-9-19(21)12-18)23(15-22)24-16-17-6-4-3-5-7-17/h3-7,10-11,15,18-19,21,24-25H,2,8-9,12-14,16H2,1H3. The van der Waals surface area contributed by atoms with E-state index in [1.807, 2.05) is 30.3 Å². The van der Waals surface area contributed by atoms with Crippen molar-refractivity contribution in [3.63, 3.8) is 0 Å². The largest absolute Gasteiger partial charge is 0.381 e. The molecule has 5 heteroatoms. The second kappa shape index (κ2) is 8.26. The van der Waals surface area contributed by atoms with Crippen molar-refractivity contribution >= 4 is 15.7 Å². The Balaban J connectivity index is 1.58. The molecule has 0 heterocycles. The van der Waals surface area contributed by atoms with Gasteiger partial charge in [-0.2, -0.15) is 0 Å². The first-order valence-electron chi connectivity index (χ1n) is 10.5. The molecule has 2 aromatic rings. The Hall–Kier alpha value is -1.85. The Bertz CT molecular complexity index is 911. The van der Waals surface area contributed by atoms with Gasteiger partial charge in [0, 0.05) is 18.8 Å². The molecule has 3 atom stereocenters. The Labute approximate surface area is 168 Å². The molecule has 2 aromatic carbocycles. The first kappa shape index (κ1) is 19.5. The van der Waals surface area contributed by atoms with E-state index in [4.69, 9.17) is 0 Å². The van der Waals surface area contributed by atoms with Gasteiger partial charge in [0.1, 0.15) is 0 Å². The molecule has 2 saturated carbocycles. The molecule has 3 unspecified atom stereocenters. The lowest BCUT2D eigenvalue weighted by Crippen LogP contribution is -2.23. The van der Waals surface area contributed by atoms with E-state index >= 15 is 0 Å². The van der Waals surface area contributed by atoms with Crippen LogP contribution in [0, 0.1) is 17.8 Å². The Morgan fingerprint density at radius 2 is 1.86 bits per heavy atom. The van der Waals surface area contributed by atoms with E-state index in [0.29, 0.717) is 18.0 Å². The summed E-state index contributed by atoms with van der Waals surface area (Å²) >= 11 is 0. The molecular weight excluding hydrogens is 368 g/mol. The monoisotopic (exact) mass is 398 g/mol. The van der Waals surface area contributed by atoms with Crippen LogP contribution in [0.4, 0.5) is 5.69 Å². The fourth-order valence-electron chi connectivity index (χ4n) is 5.04. The van der Waals surface area contributed by atoms with E-state index in [0.717, 1.165) is 29.9 Å². The summed E-state index contributed by atoms with van der Waals surface area (Å²) in [5.41, 5.74) is 3.38. The van der Waals surface area contributed by atoms with Crippen LogP contribution >= 0.6 is 0 Å². The third-order valence-corrected chi connectivity index (χ3v) is 7.96. The van der Waals surface area contributed by atoms with Gasteiger partial charge in [-0.05, 0) is 66.7 Å². The minimum absolute atomic E-state index is 0.335. The maximum absolute atomic E-state index is 12.5. The number of anilines is 1. The molecule has 0 aliphatic heterocycles. The van der Waals surface area contributed by atoms with Crippen molar-refractivity contribution in [2.24, 2.45) is 17.8 Å². The summed E-state index contributed by atoms with van der Waals surface area (Å²) in [4.78, 5) is 0.335. The Morgan fingerprint density at radius 3 is 2.54 bits per heavy atom. The zero-order valence-electron chi connectivity index (χ0n) is 16.5. The number of nitrogens with one attached hydrogen (secondary N) is 2. The Kier molecular flexibility index (Phi) is 5.74. The van der Waals surface area contributed by atoms with Crippen LogP contribution in [-0.2, 0) is 23.0 Å². The van der Waals surface area contributed by atoms with Crippen LogP contribution in [0.3, 0.4) is 0 Å². The van der Waals surface area contributed by atoms with E-state index in [-0.39, 0.29) is 0 Å². The molecule has 2 N–H and O–H groups in total. The van der Waals surface area contributed by atoms with E-state index in [9.17, 15) is 8.42 Å². The van der Waals surface area contributed by atoms with E-state index in [2.05, 4.69) is 22.2 Å². The Morgan fingerprint density at radius 1 is 1.04 bits per heavy atom. The lowest BCUT2D eigenvalue weighted by molar-refractivity contribution is 0.332. The first-order chi connectivity index (χ1) is 13.5. The molecule has 0 aromatic heterocycles. The second-order valence-corrected chi connectivity index (χ2v) is 10.1. The quantitative estimate of drug-likeness (QED) is 0.684. The summed E-state index contributed by atoms with van der Waals surface area (Å²) in [5.74, 6) is 2.52. The van der Waals surface area contributed by atoms with Crippen molar-refractivity contribution in [2.75, 3.05) is 11.9 Å². The lowest BCUT2D eigenvalue weighted by Gasteiger charge is -2.23. The maximum Gasteiger partial charge on any atom is 0.240 e. The number of hydrogen-bond acceptors (Lipinski definition) is 3. The van der Waals surface area contributed by atoms with Crippen LogP contribution in [0.15, 0.2) is 53.4 Å². The number of hydrogen-bond donors (Lipinski definition) is 2. The molecule has 28 heavy (non-hydrogen) atoms. The predicted octanol–water partition coefficient (Wildman–Crippen LogP) is 4.58. The zero-order valence-corrected chi connectivity index (χ0v) is 17.3. The molecule has 4 rings (SSSR count). The molecule has 0 radical (unpaired) electrons. The van der Waals surface area contributed by atoms with E-state index in [1.54, 1.807) is 13.0 Å². The van der Waals surface area contributed by atoms with Gasteiger partial charge in [-0.15, -0.1) is 0 Å². The molecule has 2 fully saturated rings. The van der Waals surface area contributed by atoms with Gasteiger partial charge in [0.2, 0.25) is 10.0 Å². The summed E-state index contributed by atoms with van der Waals surface area (Å²) < 4.78 is 27.6. The molecule has 4 nitrogen and oxygen atoms in total. The van der Waals surface area contributed by atoms with Crippen molar-refractivity contribution in [2.45, 2.75) is 50.5 Å². The van der Waals surface area contributed by atoms with E-state index < -0.39 is 10.0 Å². The van der Waals surface area contributed by atoms with Gasteiger partial charge in [0.05, 0.1) is 4.90 Å². The highest BCUT2D eigenvalue weighted by Crippen LogP contribution is 2.49. The van der Waals surface area contributed by atoms with Gasteiger partial charge in [-0.25, -0.2) is 13.1 Å². The summed E-state index contributed by atoms with van der Waals surface area (Å²) in [7, 11) is -3.46. The van der Waals surface area contributed by atoms with Crippen LogP contribution in [0.2, 0.25) is 0 Å². The van der Waals surface area contributed by atoms with Crippen LogP contribution in [0.1, 0.15) is 43.7 Å². The average Bonchev–Trinajstić information content (AvgIpc) is 3.31. The second-order valence-electron chi connectivity index (χ2n) is 8.30.